The van der Waals surface area contributed by atoms with Crippen LogP contribution in [0.25, 0.3) is 5.65 Å². The number of nitrogens with zero attached hydrogens (tertiary/aromatic N) is 2. The molecule has 0 unspecified atom stereocenters. The minimum Gasteiger partial charge on any atom is -0.506 e. The van der Waals surface area contributed by atoms with Crippen LogP contribution in [0.15, 0.2) is 24.4 Å². The van der Waals surface area contributed by atoms with Crippen LogP contribution in [0.2, 0.25) is 0 Å². The quantitative estimate of drug-likeness (QED) is 0.348. The molecule has 0 radical (unpaired) electrons. The molecule has 8 heteroatoms. The van der Waals surface area contributed by atoms with Crippen molar-refractivity contribution < 1.29 is 9.90 Å². The molecule has 2 heterocycles. The number of nitrogens with one attached hydrogen (secondary N) is 3. The Morgan fingerprint density at radius 1 is 1.21 bits per heavy atom. The number of nitrogens with two attached hydrogens (primary N) is 1. The van der Waals surface area contributed by atoms with E-state index in [1.165, 1.54) is 12.1 Å². The number of rotatable bonds is 3. The van der Waals surface area contributed by atoms with E-state index in [1.807, 2.05) is 0 Å². The van der Waals surface area contributed by atoms with E-state index >= 15 is 0 Å². The summed E-state index contributed by atoms with van der Waals surface area (Å²) in [4.78, 5) is 17.6. The molecule has 1 aromatic carbocycles. The monoisotopic (exact) mass is 384 g/mol. The van der Waals surface area contributed by atoms with Crippen LogP contribution in [0.1, 0.15) is 57.6 Å². The third-order valence-corrected chi connectivity index (χ3v) is 4.19. The van der Waals surface area contributed by atoms with Crippen molar-refractivity contribution in [2.24, 2.45) is 0 Å². The molecule has 0 fully saturated rings. The molecule has 8 nitrogen and oxygen atoms in total. The second-order valence-corrected chi connectivity index (χ2v) is 9.01. The maximum Gasteiger partial charge on any atom is 0.261 e. The summed E-state index contributed by atoms with van der Waals surface area (Å²) in [7, 11) is 0. The Kier molecular flexibility index (Phi) is 4.53. The SMILES string of the molecule is CC(C)(C)Nc1c(C(C)(C)C)nc2c(C(=O)Nc3ccc(N)c(O)c3)c[nH]n12. The first-order valence-electron chi connectivity index (χ1n) is 9.15. The molecule has 0 spiro atoms. The number of benzene rings is 1. The predicted molar refractivity (Wildman–Crippen MR) is 112 cm³/mol. The van der Waals surface area contributed by atoms with Crippen LogP contribution in [0.3, 0.4) is 0 Å². The summed E-state index contributed by atoms with van der Waals surface area (Å²) in [5, 5.41) is 19.1. The number of amides is 1. The van der Waals surface area contributed by atoms with Crippen LogP contribution in [0.4, 0.5) is 17.2 Å². The zero-order valence-electron chi connectivity index (χ0n) is 17.1. The van der Waals surface area contributed by atoms with Gasteiger partial charge in [-0.1, -0.05) is 20.8 Å². The van der Waals surface area contributed by atoms with Gasteiger partial charge in [0.25, 0.3) is 5.91 Å². The number of aromatic amines is 1. The zero-order chi connectivity index (χ0) is 20.9. The Balaban J connectivity index is 2.02. The van der Waals surface area contributed by atoms with E-state index in [2.05, 4.69) is 57.3 Å². The number of carbonyl (C=O) groups excluding carboxylic acids is 1. The molecule has 1 amide bonds. The third kappa shape index (κ3) is 3.76. The van der Waals surface area contributed by atoms with E-state index in [1.54, 1.807) is 16.8 Å². The van der Waals surface area contributed by atoms with Crippen molar-refractivity contribution in [3.8, 4) is 5.75 Å². The van der Waals surface area contributed by atoms with Gasteiger partial charge in [-0.05, 0) is 32.9 Å². The minimum atomic E-state index is -0.330. The Bertz CT molecular complexity index is 1030. The molecular formula is C20H28N6O2. The van der Waals surface area contributed by atoms with Crippen LogP contribution < -0.4 is 16.4 Å². The van der Waals surface area contributed by atoms with E-state index in [0.717, 1.165) is 11.5 Å². The first-order valence-corrected chi connectivity index (χ1v) is 9.15. The van der Waals surface area contributed by atoms with Crippen molar-refractivity contribution in [1.29, 1.82) is 0 Å². The first kappa shape index (κ1) is 19.6. The Morgan fingerprint density at radius 3 is 2.46 bits per heavy atom. The van der Waals surface area contributed by atoms with Crippen LogP contribution in [-0.4, -0.2) is 31.2 Å². The number of hydrogen-bond donors (Lipinski definition) is 5. The third-order valence-electron chi connectivity index (χ3n) is 4.19. The molecule has 3 rings (SSSR count). The van der Waals surface area contributed by atoms with Gasteiger partial charge in [0.15, 0.2) is 11.5 Å². The molecule has 150 valence electrons. The highest BCUT2D eigenvalue weighted by Crippen LogP contribution is 2.33. The highest BCUT2D eigenvalue weighted by atomic mass is 16.3. The van der Waals surface area contributed by atoms with Gasteiger partial charge in [-0.3, -0.25) is 9.89 Å². The van der Waals surface area contributed by atoms with Gasteiger partial charge in [0.1, 0.15) is 11.3 Å². The molecule has 3 aromatic rings. The molecule has 0 saturated heterocycles. The van der Waals surface area contributed by atoms with E-state index in [0.29, 0.717) is 16.9 Å². The van der Waals surface area contributed by atoms with E-state index < -0.39 is 0 Å². The van der Waals surface area contributed by atoms with Crippen LogP contribution in [0, 0.1) is 0 Å². The van der Waals surface area contributed by atoms with Crippen molar-refractivity contribution in [3.63, 3.8) is 0 Å². The molecule has 6 N–H and O–H groups in total. The van der Waals surface area contributed by atoms with Gasteiger partial charge in [0, 0.05) is 28.9 Å². The normalized spacial score (nSPS) is 12.4. The van der Waals surface area contributed by atoms with Crippen molar-refractivity contribution >= 4 is 28.7 Å². The summed E-state index contributed by atoms with van der Waals surface area (Å²) < 4.78 is 1.79. The fourth-order valence-electron chi connectivity index (χ4n) is 2.90. The highest BCUT2D eigenvalue weighted by molar-refractivity contribution is 6.08. The van der Waals surface area contributed by atoms with E-state index in [-0.39, 0.29) is 28.3 Å². The molecule has 28 heavy (non-hydrogen) atoms. The molecule has 0 saturated carbocycles. The molecular weight excluding hydrogens is 356 g/mol. The molecule has 0 aliphatic rings. The Morgan fingerprint density at radius 2 is 1.89 bits per heavy atom. The molecule has 2 aromatic heterocycles. The van der Waals surface area contributed by atoms with E-state index in [4.69, 9.17) is 10.7 Å². The lowest BCUT2D eigenvalue weighted by Gasteiger charge is -2.25. The zero-order valence-corrected chi connectivity index (χ0v) is 17.1. The van der Waals surface area contributed by atoms with Crippen LogP contribution in [0.5, 0.6) is 5.75 Å². The van der Waals surface area contributed by atoms with Gasteiger partial charge in [-0.2, -0.15) is 0 Å². The standard InChI is InChI=1S/C20H28N6O2/c1-19(2,3)15-17(25-20(4,5)6)26-16(24-15)12(10-22-26)18(28)23-11-7-8-13(21)14(27)9-11/h7-10,22,25,27H,21H2,1-6H3,(H,23,28). The second kappa shape index (κ2) is 6.47. The average molecular weight is 384 g/mol. The number of phenolic OH excluding ortho intramolecular Hbond substituents is 1. The summed E-state index contributed by atoms with van der Waals surface area (Å²) in [6.45, 7) is 12.5. The first-order chi connectivity index (χ1) is 12.9. The summed E-state index contributed by atoms with van der Waals surface area (Å²) in [5.41, 5.74) is 7.74. The number of nitrogen functional groups attached to an aromatic ring is 1. The Hall–Kier alpha value is -3.16. The molecule has 0 aliphatic carbocycles. The summed E-state index contributed by atoms with van der Waals surface area (Å²) in [6, 6.07) is 4.58. The number of aromatic hydroxyl groups is 1. The van der Waals surface area contributed by atoms with E-state index in [9.17, 15) is 9.90 Å². The lowest BCUT2D eigenvalue weighted by molar-refractivity contribution is 0.102. The number of fused-ring (bicyclic) bond motifs is 1. The maximum atomic E-state index is 12.8. The topological polar surface area (TPSA) is 120 Å². The van der Waals surface area contributed by atoms with Crippen LogP contribution in [-0.2, 0) is 5.41 Å². The van der Waals surface area contributed by atoms with Crippen molar-refractivity contribution in [3.05, 3.63) is 35.7 Å². The predicted octanol–water partition coefficient (Wildman–Crippen LogP) is 3.71. The number of anilines is 3. The van der Waals surface area contributed by atoms with Crippen molar-refractivity contribution in [2.45, 2.75) is 52.5 Å². The number of imidazole rings is 1. The van der Waals surface area contributed by atoms with Crippen molar-refractivity contribution in [2.75, 3.05) is 16.4 Å². The van der Waals surface area contributed by atoms with Gasteiger partial charge in [0.05, 0.1) is 11.4 Å². The smallest absolute Gasteiger partial charge is 0.261 e. The van der Waals surface area contributed by atoms with Gasteiger partial charge in [-0.15, -0.1) is 0 Å². The lowest BCUT2D eigenvalue weighted by atomic mass is 9.91. The number of phenols is 1. The number of hydrogen-bond acceptors (Lipinski definition) is 5. The molecule has 0 atom stereocenters. The van der Waals surface area contributed by atoms with Crippen LogP contribution >= 0.6 is 0 Å². The molecule has 0 aliphatic heterocycles. The average Bonchev–Trinajstić information content (AvgIpc) is 3.09. The van der Waals surface area contributed by atoms with Gasteiger partial charge in [0.2, 0.25) is 0 Å². The summed E-state index contributed by atoms with van der Waals surface area (Å²) in [6.07, 6.45) is 1.62. The Labute approximate surface area is 164 Å². The van der Waals surface area contributed by atoms with Gasteiger partial charge in [-0.25, -0.2) is 9.50 Å². The highest BCUT2D eigenvalue weighted by Gasteiger charge is 2.29. The summed E-state index contributed by atoms with van der Waals surface area (Å²) in [5.74, 6) is 0.423. The summed E-state index contributed by atoms with van der Waals surface area (Å²) >= 11 is 0. The largest absolute Gasteiger partial charge is 0.506 e. The maximum absolute atomic E-state index is 12.8. The number of aromatic nitrogens is 3. The van der Waals surface area contributed by atoms with Gasteiger partial charge < -0.3 is 21.5 Å². The molecule has 0 bridgehead atoms. The number of H-pyrrole nitrogens is 1. The van der Waals surface area contributed by atoms with Gasteiger partial charge >= 0.3 is 0 Å². The fourth-order valence-corrected chi connectivity index (χ4v) is 2.90. The lowest BCUT2D eigenvalue weighted by Crippen LogP contribution is -2.29. The number of carbonyl (C=O) groups is 1. The second-order valence-electron chi connectivity index (χ2n) is 9.01. The minimum absolute atomic E-state index is 0.0792. The van der Waals surface area contributed by atoms with Crippen molar-refractivity contribution in [1.82, 2.24) is 14.6 Å². The fraction of sp³-hybridized carbons (Fsp3) is 0.400.